The minimum absolute atomic E-state index is 0.548. The van der Waals surface area contributed by atoms with Gasteiger partial charge in [0.15, 0.2) is 5.15 Å². The van der Waals surface area contributed by atoms with E-state index < -0.39 is 0 Å². The molecule has 0 spiro atoms. The first-order chi connectivity index (χ1) is 6.11. The third kappa shape index (κ3) is 1.34. The molecule has 0 saturated carbocycles. The van der Waals surface area contributed by atoms with Crippen LogP contribution < -0.4 is 0 Å². The molecule has 0 aliphatic carbocycles. The SMILES string of the molecule is Cc1[nH]c2c(Cl)ncc(I)c2c1C. The highest BCUT2D eigenvalue weighted by atomic mass is 127. The molecule has 13 heavy (non-hydrogen) atoms. The number of fused-ring (bicyclic) bond motifs is 1. The number of aromatic amines is 1. The van der Waals surface area contributed by atoms with Gasteiger partial charge in [-0.2, -0.15) is 0 Å². The Bertz CT molecular complexity index is 476. The molecule has 0 amide bonds. The first kappa shape index (κ1) is 9.27. The summed E-state index contributed by atoms with van der Waals surface area (Å²) in [6, 6.07) is 0. The predicted octanol–water partition coefficient (Wildman–Crippen LogP) is 3.44. The van der Waals surface area contributed by atoms with Gasteiger partial charge >= 0.3 is 0 Å². The molecule has 2 nitrogen and oxygen atoms in total. The number of H-pyrrole nitrogens is 1. The van der Waals surface area contributed by atoms with Crippen LogP contribution in [0.5, 0.6) is 0 Å². The van der Waals surface area contributed by atoms with Crippen molar-refractivity contribution in [2.45, 2.75) is 13.8 Å². The van der Waals surface area contributed by atoms with E-state index in [1.165, 1.54) is 10.9 Å². The van der Waals surface area contributed by atoms with Crippen molar-refractivity contribution in [3.63, 3.8) is 0 Å². The molecule has 0 aliphatic rings. The second-order valence-corrected chi connectivity index (χ2v) is 4.54. The molecule has 68 valence electrons. The largest absolute Gasteiger partial charge is 0.356 e. The van der Waals surface area contributed by atoms with Crippen molar-refractivity contribution in [1.29, 1.82) is 0 Å². The zero-order valence-corrected chi connectivity index (χ0v) is 10.2. The fourth-order valence-electron chi connectivity index (χ4n) is 1.41. The summed E-state index contributed by atoms with van der Waals surface area (Å²) in [7, 11) is 0. The van der Waals surface area contributed by atoms with Gasteiger partial charge in [0.25, 0.3) is 0 Å². The molecular formula is C9H8ClIN2. The molecule has 4 heteroatoms. The van der Waals surface area contributed by atoms with E-state index in [0.717, 1.165) is 14.8 Å². The van der Waals surface area contributed by atoms with Crippen LogP contribution in [0.2, 0.25) is 5.15 Å². The number of nitrogens with zero attached hydrogens (tertiary/aromatic N) is 1. The Labute approximate surface area is 94.8 Å². The van der Waals surface area contributed by atoms with Crippen molar-refractivity contribution in [2.75, 3.05) is 0 Å². The molecule has 0 bridgehead atoms. The Hall–Kier alpha value is -0.290. The van der Waals surface area contributed by atoms with Crippen molar-refractivity contribution in [3.8, 4) is 0 Å². The van der Waals surface area contributed by atoms with Crippen LogP contribution in [0.1, 0.15) is 11.3 Å². The minimum atomic E-state index is 0.548. The number of hydrogen-bond donors (Lipinski definition) is 1. The van der Waals surface area contributed by atoms with E-state index in [4.69, 9.17) is 11.6 Å². The Morgan fingerprint density at radius 2 is 2.15 bits per heavy atom. The minimum Gasteiger partial charge on any atom is -0.356 e. The predicted molar refractivity (Wildman–Crippen MR) is 63.3 cm³/mol. The number of pyridine rings is 1. The maximum absolute atomic E-state index is 5.97. The van der Waals surface area contributed by atoms with Crippen molar-refractivity contribution < 1.29 is 0 Å². The summed E-state index contributed by atoms with van der Waals surface area (Å²) < 4.78 is 1.14. The summed E-state index contributed by atoms with van der Waals surface area (Å²) in [5.74, 6) is 0. The van der Waals surface area contributed by atoms with Gasteiger partial charge in [-0.15, -0.1) is 0 Å². The fraction of sp³-hybridized carbons (Fsp3) is 0.222. The Morgan fingerprint density at radius 1 is 1.46 bits per heavy atom. The van der Waals surface area contributed by atoms with Crippen molar-refractivity contribution >= 4 is 45.1 Å². The van der Waals surface area contributed by atoms with Gasteiger partial charge in [-0.25, -0.2) is 4.98 Å². The second-order valence-electron chi connectivity index (χ2n) is 3.02. The number of halogens is 2. The normalized spacial score (nSPS) is 11.1. The lowest BCUT2D eigenvalue weighted by atomic mass is 10.2. The van der Waals surface area contributed by atoms with Crippen molar-refractivity contribution in [3.05, 3.63) is 26.2 Å². The topological polar surface area (TPSA) is 28.7 Å². The van der Waals surface area contributed by atoms with Crippen molar-refractivity contribution in [2.24, 2.45) is 0 Å². The smallest absolute Gasteiger partial charge is 0.153 e. The van der Waals surface area contributed by atoms with Gasteiger partial charge < -0.3 is 4.98 Å². The number of aromatic nitrogens is 2. The summed E-state index contributed by atoms with van der Waals surface area (Å²) in [5.41, 5.74) is 3.36. The van der Waals surface area contributed by atoms with Gasteiger partial charge in [0, 0.05) is 20.8 Å². The molecule has 2 aromatic rings. The lowest BCUT2D eigenvalue weighted by Crippen LogP contribution is -1.81. The Morgan fingerprint density at radius 3 is 2.77 bits per heavy atom. The van der Waals surface area contributed by atoms with Gasteiger partial charge in [-0.3, -0.25) is 0 Å². The summed E-state index contributed by atoms with van der Waals surface area (Å²) >= 11 is 8.24. The lowest BCUT2D eigenvalue weighted by Gasteiger charge is -1.96. The molecule has 0 aromatic carbocycles. The van der Waals surface area contributed by atoms with Gasteiger partial charge in [0.1, 0.15) is 0 Å². The van der Waals surface area contributed by atoms with E-state index in [2.05, 4.69) is 39.5 Å². The molecule has 0 unspecified atom stereocenters. The van der Waals surface area contributed by atoms with E-state index in [0.29, 0.717) is 5.15 Å². The first-order valence-electron chi connectivity index (χ1n) is 3.90. The van der Waals surface area contributed by atoms with Gasteiger partial charge in [0.05, 0.1) is 5.52 Å². The lowest BCUT2D eigenvalue weighted by molar-refractivity contribution is 1.25. The van der Waals surface area contributed by atoms with E-state index in [9.17, 15) is 0 Å². The second kappa shape index (κ2) is 3.13. The maximum Gasteiger partial charge on any atom is 0.153 e. The standard InChI is InChI=1S/C9H8ClIN2/c1-4-5(2)13-8-7(4)6(11)3-12-9(8)10/h3,13H,1-2H3. The Kier molecular flexibility index (Phi) is 2.23. The molecule has 0 saturated heterocycles. The third-order valence-corrected chi connectivity index (χ3v) is 3.34. The average Bonchev–Trinajstić information content (AvgIpc) is 2.38. The summed E-state index contributed by atoms with van der Waals surface area (Å²) in [5, 5.41) is 1.74. The molecular weight excluding hydrogens is 298 g/mol. The van der Waals surface area contributed by atoms with E-state index >= 15 is 0 Å². The van der Waals surface area contributed by atoms with Crippen molar-refractivity contribution in [1.82, 2.24) is 9.97 Å². The quantitative estimate of drug-likeness (QED) is 0.586. The highest BCUT2D eigenvalue weighted by molar-refractivity contribution is 14.1. The van der Waals surface area contributed by atoms with Gasteiger partial charge in [-0.05, 0) is 42.0 Å². The van der Waals surface area contributed by atoms with E-state index in [-0.39, 0.29) is 0 Å². The molecule has 2 heterocycles. The highest BCUT2D eigenvalue weighted by Crippen LogP contribution is 2.29. The zero-order valence-electron chi connectivity index (χ0n) is 7.28. The fourth-order valence-corrected chi connectivity index (χ4v) is 2.42. The maximum atomic E-state index is 5.97. The zero-order chi connectivity index (χ0) is 9.59. The van der Waals surface area contributed by atoms with Crippen LogP contribution in [0.3, 0.4) is 0 Å². The number of aryl methyl sites for hydroxylation is 2. The molecule has 0 atom stereocenters. The monoisotopic (exact) mass is 306 g/mol. The average molecular weight is 307 g/mol. The van der Waals surface area contributed by atoms with Crippen LogP contribution >= 0.6 is 34.2 Å². The van der Waals surface area contributed by atoms with Crippen LogP contribution in [-0.2, 0) is 0 Å². The third-order valence-electron chi connectivity index (χ3n) is 2.24. The number of hydrogen-bond acceptors (Lipinski definition) is 1. The number of rotatable bonds is 0. The summed E-state index contributed by atoms with van der Waals surface area (Å²) in [6.07, 6.45) is 1.80. The molecule has 0 aliphatic heterocycles. The first-order valence-corrected chi connectivity index (χ1v) is 5.36. The molecule has 0 radical (unpaired) electrons. The molecule has 0 fully saturated rings. The summed E-state index contributed by atoms with van der Waals surface area (Å²) in [4.78, 5) is 7.32. The van der Waals surface area contributed by atoms with E-state index in [1.807, 2.05) is 6.92 Å². The van der Waals surface area contributed by atoms with Crippen LogP contribution in [0.25, 0.3) is 10.9 Å². The summed E-state index contributed by atoms with van der Waals surface area (Å²) in [6.45, 7) is 4.13. The number of nitrogens with one attached hydrogen (secondary N) is 1. The van der Waals surface area contributed by atoms with Crippen LogP contribution in [-0.4, -0.2) is 9.97 Å². The van der Waals surface area contributed by atoms with Crippen LogP contribution in [0.4, 0.5) is 0 Å². The van der Waals surface area contributed by atoms with E-state index in [1.54, 1.807) is 6.20 Å². The van der Waals surface area contributed by atoms with Crippen LogP contribution in [0, 0.1) is 17.4 Å². The van der Waals surface area contributed by atoms with Gasteiger partial charge in [-0.1, -0.05) is 11.6 Å². The molecule has 2 aromatic heterocycles. The van der Waals surface area contributed by atoms with Crippen LogP contribution in [0.15, 0.2) is 6.20 Å². The van der Waals surface area contributed by atoms with Gasteiger partial charge in [0.2, 0.25) is 0 Å². The molecule has 1 N–H and O–H groups in total. The highest BCUT2D eigenvalue weighted by Gasteiger charge is 2.10. The molecule has 2 rings (SSSR count). The Balaban J connectivity index is 3.00.